The van der Waals surface area contributed by atoms with E-state index in [9.17, 15) is 9.59 Å². The number of carbonyl (C=O) groups excluding carboxylic acids is 2. The Morgan fingerprint density at radius 1 is 1.06 bits per heavy atom. The van der Waals surface area contributed by atoms with E-state index in [2.05, 4.69) is 25.9 Å². The molecule has 0 saturated carbocycles. The van der Waals surface area contributed by atoms with Crippen LogP contribution in [0.3, 0.4) is 0 Å². The normalized spacial score (nSPS) is 11.6. The molecule has 5 N–H and O–H groups in total. The van der Waals surface area contributed by atoms with Gasteiger partial charge in [0.2, 0.25) is 0 Å². The van der Waals surface area contributed by atoms with Gasteiger partial charge in [-0.05, 0) is 17.7 Å². The third kappa shape index (κ3) is 5.22. The van der Waals surface area contributed by atoms with Crippen molar-refractivity contribution in [2.24, 2.45) is 0 Å². The summed E-state index contributed by atoms with van der Waals surface area (Å²) < 4.78 is 5.41. The van der Waals surface area contributed by atoms with E-state index in [1.54, 1.807) is 0 Å². The topological polar surface area (TPSA) is 131 Å². The summed E-state index contributed by atoms with van der Waals surface area (Å²) in [4.78, 5) is 33.9. The van der Waals surface area contributed by atoms with E-state index in [0.29, 0.717) is 26.5 Å². The number of nitrogens with two attached hydrogens (primary N) is 1. The summed E-state index contributed by atoms with van der Waals surface area (Å²) in [5, 5.41) is 11.0. The van der Waals surface area contributed by atoms with Crippen LogP contribution in [0.25, 0.3) is 21.1 Å². The third-order valence-corrected chi connectivity index (χ3v) is 6.78. The molecule has 4 aromatic rings. The minimum absolute atomic E-state index is 0.265. The van der Waals surface area contributed by atoms with Gasteiger partial charge in [-0.3, -0.25) is 10.1 Å². The highest BCUT2D eigenvalue weighted by Crippen LogP contribution is 2.38. The van der Waals surface area contributed by atoms with Crippen molar-refractivity contribution < 1.29 is 14.3 Å². The van der Waals surface area contributed by atoms with Gasteiger partial charge < -0.3 is 21.1 Å². The molecule has 34 heavy (non-hydrogen) atoms. The fourth-order valence-electron chi connectivity index (χ4n) is 3.20. The molecule has 0 fully saturated rings. The Morgan fingerprint density at radius 2 is 1.85 bits per heavy atom. The molecule has 0 aliphatic carbocycles. The largest absolute Gasteiger partial charge is 0.382 e. The van der Waals surface area contributed by atoms with Crippen molar-refractivity contribution in [3.05, 3.63) is 65.5 Å². The molecule has 1 atom stereocenters. The van der Waals surface area contributed by atoms with Crippen LogP contribution in [0.5, 0.6) is 0 Å². The number of carbonyl (C=O) groups is 2. The number of thiazole rings is 2. The SMILES string of the molecule is CNC(=O)Nc1nc(N)c(-c2nc(-c3cccc(NC(=O)[C@H](OC)c4ccccc4)c3)cs2)s1. The maximum Gasteiger partial charge on any atom is 0.320 e. The van der Waals surface area contributed by atoms with Crippen LogP contribution in [0, 0.1) is 0 Å². The molecule has 0 radical (unpaired) electrons. The number of hydrogen-bond donors (Lipinski definition) is 4. The molecule has 0 aliphatic heterocycles. The van der Waals surface area contributed by atoms with Crippen molar-refractivity contribution in [2.75, 3.05) is 30.5 Å². The van der Waals surface area contributed by atoms with Crippen LogP contribution in [-0.2, 0) is 9.53 Å². The lowest BCUT2D eigenvalue weighted by molar-refractivity contribution is -0.126. The maximum atomic E-state index is 12.8. The third-order valence-electron chi connectivity index (χ3n) is 4.80. The van der Waals surface area contributed by atoms with Gasteiger partial charge in [-0.1, -0.05) is 53.8 Å². The first-order chi connectivity index (χ1) is 16.5. The summed E-state index contributed by atoms with van der Waals surface area (Å²) in [5.41, 5.74) is 9.01. The van der Waals surface area contributed by atoms with Crippen LogP contribution >= 0.6 is 22.7 Å². The van der Waals surface area contributed by atoms with Crippen LogP contribution in [0.15, 0.2) is 60.0 Å². The van der Waals surface area contributed by atoms with Gasteiger partial charge in [0, 0.05) is 30.8 Å². The minimum atomic E-state index is -0.720. The van der Waals surface area contributed by atoms with Crippen molar-refractivity contribution in [1.29, 1.82) is 0 Å². The van der Waals surface area contributed by atoms with E-state index in [-0.39, 0.29) is 11.9 Å². The highest BCUT2D eigenvalue weighted by atomic mass is 32.1. The van der Waals surface area contributed by atoms with Crippen LogP contribution in [0.1, 0.15) is 11.7 Å². The zero-order chi connectivity index (χ0) is 24.1. The predicted molar refractivity (Wildman–Crippen MR) is 136 cm³/mol. The molecule has 0 bridgehead atoms. The van der Waals surface area contributed by atoms with Gasteiger partial charge in [0.1, 0.15) is 15.7 Å². The van der Waals surface area contributed by atoms with Crippen LogP contribution in [-0.4, -0.2) is 36.1 Å². The number of anilines is 3. The average molecular weight is 495 g/mol. The van der Waals surface area contributed by atoms with E-state index in [4.69, 9.17) is 10.5 Å². The van der Waals surface area contributed by atoms with Crippen LogP contribution in [0.4, 0.5) is 21.4 Å². The average Bonchev–Trinajstić information content (AvgIpc) is 3.47. The van der Waals surface area contributed by atoms with E-state index < -0.39 is 6.10 Å². The molecule has 0 spiro atoms. The molecule has 4 rings (SSSR count). The van der Waals surface area contributed by atoms with Crippen molar-refractivity contribution in [1.82, 2.24) is 15.3 Å². The maximum absolute atomic E-state index is 12.8. The molecule has 2 aromatic carbocycles. The van der Waals surface area contributed by atoms with E-state index in [0.717, 1.165) is 16.8 Å². The highest BCUT2D eigenvalue weighted by Gasteiger charge is 2.20. The lowest BCUT2D eigenvalue weighted by Gasteiger charge is -2.16. The number of hydrogen-bond acceptors (Lipinski definition) is 8. The molecular weight excluding hydrogens is 472 g/mol. The number of benzene rings is 2. The van der Waals surface area contributed by atoms with E-state index in [1.807, 2.05) is 60.0 Å². The first-order valence-electron chi connectivity index (χ1n) is 10.2. The summed E-state index contributed by atoms with van der Waals surface area (Å²) >= 11 is 2.67. The van der Waals surface area contributed by atoms with Crippen LogP contribution < -0.4 is 21.7 Å². The molecule has 174 valence electrons. The lowest BCUT2D eigenvalue weighted by atomic mass is 10.1. The molecular formula is C23H22N6O3S2. The zero-order valence-electron chi connectivity index (χ0n) is 18.4. The van der Waals surface area contributed by atoms with Gasteiger partial charge in [0.05, 0.1) is 5.69 Å². The Kier molecular flexibility index (Phi) is 7.16. The molecule has 9 nitrogen and oxygen atoms in total. The summed E-state index contributed by atoms with van der Waals surface area (Å²) in [6, 6.07) is 16.4. The number of ether oxygens (including phenoxy) is 1. The molecule has 0 aliphatic rings. The van der Waals surface area contributed by atoms with Gasteiger partial charge in [-0.25, -0.2) is 14.8 Å². The van der Waals surface area contributed by atoms with Gasteiger partial charge >= 0.3 is 6.03 Å². The highest BCUT2D eigenvalue weighted by molar-refractivity contribution is 7.23. The van der Waals surface area contributed by atoms with Crippen molar-refractivity contribution >= 4 is 51.2 Å². The van der Waals surface area contributed by atoms with E-state index in [1.165, 1.54) is 36.8 Å². The quantitative estimate of drug-likeness (QED) is 0.297. The first-order valence-corrected chi connectivity index (χ1v) is 11.9. The second-order valence-corrected chi connectivity index (χ2v) is 8.93. The van der Waals surface area contributed by atoms with Gasteiger partial charge in [-0.15, -0.1) is 11.3 Å². The zero-order valence-corrected chi connectivity index (χ0v) is 20.0. The number of nitrogen functional groups attached to an aromatic ring is 1. The fourth-order valence-corrected chi connectivity index (χ4v) is 5.00. The molecule has 2 heterocycles. The number of rotatable bonds is 7. The summed E-state index contributed by atoms with van der Waals surface area (Å²) in [6.45, 7) is 0. The minimum Gasteiger partial charge on any atom is -0.382 e. The number of nitrogens with zero attached hydrogens (tertiary/aromatic N) is 2. The predicted octanol–water partition coefficient (Wildman–Crippen LogP) is 4.59. The fraction of sp³-hybridized carbons (Fsp3) is 0.130. The first kappa shape index (κ1) is 23.4. The number of nitrogens with one attached hydrogen (secondary N) is 3. The molecule has 11 heteroatoms. The standard InChI is InChI=1S/C23H22N6O3S2/c1-25-22(31)29-23-28-19(24)18(34-23)21-27-16(12-33-21)14-9-6-10-15(11-14)26-20(30)17(32-2)13-7-4-3-5-8-13/h3-12,17H,24H2,1-2H3,(H,26,30)(H2,25,28,29,31)/t17-/m1/s1. The summed E-state index contributed by atoms with van der Waals surface area (Å²) in [6.07, 6.45) is -0.720. The number of amides is 3. The smallest absolute Gasteiger partial charge is 0.320 e. The second-order valence-electron chi connectivity index (χ2n) is 7.07. The molecule has 0 saturated heterocycles. The number of methoxy groups -OCH3 is 1. The molecule has 0 unspecified atom stereocenters. The van der Waals surface area contributed by atoms with Gasteiger partial charge in [-0.2, -0.15) is 0 Å². The van der Waals surface area contributed by atoms with Gasteiger partial charge in [0.15, 0.2) is 11.2 Å². The van der Waals surface area contributed by atoms with Crippen molar-refractivity contribution in [2.45, 2.75) is 6.10 Å². The Morgan fingerprint density at radius 3 is 2.59 bits per heavy atom. The van der Waals surface area contributed by atoms with Crippen molar-refractivity contribution in [3.63, 3.8) is 0 Å². The molecule has 2 aromatic heterocycles. The Labute approximate surface area is 204 Å². The van der Waals surface area contributed by atoms with Crippen molar-refractivity contribution in [3.8, 4) is 21.1 Å². The Bertz CT molecular complexity index is 1310. The summed E-state index contributed by atoms with van der Waals surface area (Å²) in [7, 11) is 3.03. The lowest BCUT2D eigenvalue weighted by Crippen LogP contribution is -2.24. The van der Waals surface area contributed by atoms with Gasteiger partial charge in [0.25, 0.3) is 5.91 Å². The summed E-state index contributed by atoms with van der Waals surface area (Å²) in [5.74, 6) is 0.0308. The van der Waals surface area contributed by atoms with E-state index >= 15 is 0 Å². The monoisotopic (exact) mass is 494 g/mol. The number of aromatic nitrogens is 2. The Balaban J connectivity index is 1.52. The number of urea groups is 1. The second kappa shape index (κ2) is 10.4. The molecule has 3 amide bonds. The van der Waals surface area contributed by atoms with Crippen LogP contribution in [0.2, 0.25) is 0 Å². The Hall–Kier alpha value is -3.80.